The monoisotopic (exact) mass is 423 g/mol. The Morgan fingerprint density at radius 1 is 1.06 bits per heavy atom. The molecule has 1 N–H and O–H groups in total. The molecule has 0 fully saturated rings. The van der Waals surface area contributed by atoms with E-state index in [-0.39, 0.29) is 5.91 Å². The Labute approximate surface area is 182 Å². The molecule has 1 aromatic heterocycles. The van der Waals surface area contributed by atoms with Crippen LogP contribution in [0.2, 0.25) is 0 Å². The van der Waals surface area contributed by atoms with Gasteiger partial charge in [-0.05, 0) is 62.1 Å². The second kappa shape index (κ2) is 9.60. The molecule has 0 spiro atoms. The molecule has 1 amide bonds. The van der Waals surface area contributed by atoms with E-state index in [2.05, 4.69) is 5.32 Å². The topological polar surface area (TPSA) is 69.9 Å². The average Bonchev–Trinajstić information content (AvgIpc) is 3.14. The zero-order valence-corrected chi connectivity index (χ0v) is 18.9. The summed E-state index contributed by atoms with van der Waals surface area (Å²) in [5.41, 5.74) is 5.54. The van der Waals surface area contributed by atoms with Gasteiger partial charge in [0.1, 0.15) is 11.3 Å². The molecule has 0 bridgehead atoms. The molecular weight excluding hydrogens is 394 g/mol. The molecule has 0 saturated heterocycles. The summed E-state index contributed by atoms with van der Waals surface area (Å²) in [7, 11) is 4.84. The summed E-state index contributed by atoms with van der Waals surface area (Å²) >= 11 is 0. The van der Waals surface area contributed by atoms with E-state index >= 15 is 0 Å². The van der Waals surface area contributed by atoms with Gasteiger partial charge in [-0.1, -0.05) is 6.07 Å². The highest BCUT2D eigenvalue weighted by atomic mass is 16.5. The largest absolute Gasteiger partial charge is 0.496 e. The Hall–Kier alpha value is -3.41. The first-order valence-electron chi connectivity index (χ1n) is 10.1. The van der Waals surface area contributed by atoms with Crippen molar-refractivity contribution in [3.05, 3.63) is 58.9 Å². The van der Waals surface area contributed by atoms with Gasteiger partial charge in [-0.3, -0.25) is 4.79 Å². The zero-order chi connectivity index (χ0) is 22.5. The van der Waals surface area contributed by atoms with Crippen molar-refractivity contribution in [1.29, 1.82) is 0 Å². The lowest BCUT2D eigenvalue weighted by Crippen LogP contribution is -2.23. The van der Waals surface area contributed by atoms with Crippen LogP contribution in [-0.2, 0) is 11.2 Å². The maximum atomic E-state index is 12.5. The lowest BCUT2D eigenvalue weighted by molar-refractivity contribution is -0.116. The summed E-state index contributed by atoms with van der Waals surface area (Å²) in [6, 6.07) is 7.76. The van der Waals surface area contributed by atoms with E-state index in [4.69, 9.17) is 18.6 Å². The van der Waals surface area contributed by atoms with Crippen molar-refractivity contribution in [1.82, 2.24) is 5.32 Å². The van der Waals surface area contributed by atoms with Crippen molar-refractivity contribution >= 4 is 22.4 Å². The van der Waals surface area contributed by atoms with E-state index in [9.17, 15) is 4.79 Å². The predicted molar refractivity (Wildman–Crippen MR) is 122 cm³/mol. The third-order valence-corrected chi connectivity index (χ3v) is 5.37. The lowest BCUT2D eigenvalue weighted by atomic mass is 9.98. The van der Waals surface area contributed by atoms with Crippen LogP contribution in [0.15, 0.2) is 41.0 Å². The number of carbonyl (C=O) groups is 1. The van der Waals surface area contributed by atoms with Crippen molar-refractivity contribution in [2.24, 2.45) is 0 Å². The molecule has 0 radical (unpaired) electrons. The van der Waals surface area contributed by atoms with Crippen LogP contribution in [0, 0.1) is 13.8 Å². The molecule has 3 rings (SSSR count). The van der Waals surface area contributed by atoms with Crippen LogP contribution in [0.5, 0.6) is 17.2 Å². The fourth-order valence-electron chi connectivity index (χ4n) is 3.69. The van der Waals surface area contributed by atoms with Crippen LogP contribution in [0.3, 0.4) is 0 Å². The van der Waals surface area contributed by atoms with Gasteiger partial charge in [-0.2, -0.15) is 0 Å². The van der Waals surface area contributed by atoms with Crippen LogP contribution in [0.25, 0.3) is 16.5 Å². The number of hydrogen-bond donors (Lipinski definition) is 1. The molecule has 0 saturated carbocycles. The number of benzene rings is 2. The molecule has 0 unspecified atom stereocenters. The first-order valence-corrected chi connectivity index (χ1v) is 10.1. The van der Waals surface area contributed by atoms with Crippen LogP contribution in [0.4, 0.5) is 0 Å². The molecule has 0 atom stereocenters. The van der Waals surface area contributed by atoms with Crippen LogP contribution >= 0.6 is 0 Å². The number of rotatable bonds is 8. The minimum absolute atomic E-state index is 0.151. The van der Waals surface area contributed by atoms with E-state index < -0.39 is 0 Å². The fourth-order valence-corrected chi connectivity index (χ4v) is 3.69. The summed E-state index contributed by atoms with van der Waals surface area (Å²) in [5, 5.41) is 3.97. The molecule has 0 aliphatic heterocycles. The lowest BCUT2D eigenvalue weighted by Gasteiger charge is -2.13. The summed E-state index contributed by atoms with van der Waals surface area (Å²) in [6.07, 6.45) is 4.02. The van der Waals surface area contributed by atoms with Crippen molar-refractivity contribution < 1.29 is 23.4 Å². The highest BCUT2D eigenvalue weighted by Gasteiger charge is 2.16. The van der Waals surface area contributed by atoms with E-state index in [1.54, 1.807) is 33.7 Å². The van der Waals surface area contributed by atoms with Gasteiger partial charge >= 0.3 is 0 Å². The van der Waals surface area contributed by atoms with Crippen molar-refractivity contribution in [2.75, 3.05) is 27.9 Å². The Kier molecular flexibility index (Phi) is 6.90. The Bertz CT molecular complexity index is 1130. The predicted octanol–water partition coefficient (Wildman–Crippen LogP) is 4.84. The number of fused-ring (bicyclic) bond motifs is 1. The summed E-state index contributed by atoms with van der Waals surface area (Å²) in [6.45, 7) is 6.38. The smallest absolute Gasteiger partial charge is 0.244 e. The standard InChI is InChI=1S/C25H29NO5/c1-15(19-13-20-16(2)14-31-25(20)17(3)24(19)30-6)11-23(27)26-10-9-18-7-8-21(28-4)22(12-18)29-5/h7-8,11-14H,9-10H2,1-6H3,(H,26,27)/b15-11+. The molecule has 6 heteroatoms. The normalized spacial score (nSPS) is 11.5. The first kappa shape index (κ1) is 22.3. The molecule has 0 aliphatic carbocycles. The van der Waals surface area contributed by atoms with Gasteiger partial charge in [0.05, 0.1) is 27.6 Å². The van der Waals surface area contributed by atoms with Gasteiger partial charge < -0.3 is 23.9 Å². The highest BCUT2D eigenvalue weighted by molar-refractivity contribution is 5.98. The molecule has 3 aromatic rings. The van der Waals surface area contributed by atoms with Gasteiger partial charge in [0.25, 0.3) is 0 Å². The molecule has 31 heavy (non-hydrogen) atoms. The van der Waals surface area contributed by atoms with Gasteiger partial charge in [0.15, 0.2) is 11.5 Å². The molecule has 6 nitrogen and oxygen atoms in total. The quantitative estimate of drug-likeness (QED) is 0.525. The molecule has 164 valence electrons. The number of methoxy groups -OCH3 is 3. The van der Waals surface area contributed by atoms with Gasteiger partial charge in [0.2, 0.25) is 5.91 Å². The Morgan fingerprint density at radius 3 is 2.48 bits per heavy atom. The highest BCUT2D eigenvalue weighted by Crippen LogP contribution is 2.37. The molecule has 2 aromatic carbocycles. The number of furan rings is 1. The van der Waals surface area contributed by atoms with Crippen LogP contribution < -0.4 is 19.5 Å². The maximum absolute atomic E-state index is 12.5. The van der Waals surface area contributed by atoms with E-state index in [1.807, 2.05) is 45.0 Å². The number of carbonyl (C=O) groups excluding carboxylic acids is 1. The first-order chi connectivity index (χ1) is 14.9. The van der Waals surface area contributed by atoms with Crippen molar-refractivity contribution in [3.63, 3.8) is 0 Å². The average molecular weight is 424 g/mol. The molecular formula is C25H29NO5. The molecule has 0 aliphatic rings. The maximum Gasteiger partial charge on any atom is 0.244 e. The minimum atomic E-state index is -0.151. The van der Waals surface area contributed by atoms with E-state index in [1.165, 1.54) is 0 Å². The number of amides is 1. The number of ether oxygens (including phenoxy) is 3. The van der Waals surface area contributed by atoms with Gasteiger partial charge in [-0.15, -0.1) is 0 Å². The van der Waals surface area contributed by atoms with E-state index in [0.717, 1.165) is 38.8 Å². The number of aryl methyl sites for hydroxylation is 2. The number of nitrogens with one attached hydrogen (secondary N) is 1. The number of hydrogen-bond acceptors (Lipinski definition) is 5. The third kappa shape index (κ3) is 4.68. The van der Waals surface area contributed by atoms with Crippen molar-refractivity contribution in [2.45, 2.75) is 27.2 Å². The number of allylic oxidation sites excluding steroid dienone is 1. The zero-order valence-electron chi connectivity index (χ0n) is 18.9. The summed E-state index contributed by atoms with van der Waals surface area (Å²) in [4.78, 5) is 12.5. The van der Waals surface area contributed by atoms with Gasteiger partial charge in [0, 0.05) is 29.1 Å². The molecule has 1 heterocycles. The van der Waals surface area contributed by atoms with Crippen LogP contribution in [0.1, 0.15) is 29.2 Å². The summed E-state index contributed by atoms with van der Waals surface area (Å²) in [5.74, 6) is 1.92. The second-order valence-corrected chi connectivity index (χ2v) is 7.44. The third-order valence-electron chi connectivity index (χ3n) is 5.37. The fraction of sp³-hybridized carbons (Fsp3) is 0.320. The second-order valence-electron chi connectivity index (χ2n) is 7.44. The van der Waals surface area contributed by atoms with Crippen LogP contribution in [-0.4, -0.2) is 33.8 Å². The van der Waals surface area contributed by atoms with Gasteiger partial charge in [-0.25, -0.2) is 0 Å². The van der Waals surface area contributed by atoms with Crippen molar-refractivity contribution in [3.8, 4) is 17.2 Å². The minimum Gasteiger partial charge on any atom is -0.496 e. The van der Waals surface area contributed by atoms with E-state index in [0.29, 0.717) is 30.2 Å². The Morgan fingerprint density at radius 2 is 1.81 bits per heavy atom. The Balaban J connectivity index is 1.72. The summed E-state index contributed by atoms with van der Waals surface area (Å²) < 4.78 is 21.9. The SMILES string of the molecule is COc1ccc(CCNC(=O)/C=C(\C)c2cc3c(C)coc3c(C)c2OC)cc1OC.